The van der Waals surface area contributed by atoms with Crippen LogP contribution in [-0.2, 0) is 11.4 Å². The van der Waals surface area contributed by atoms with Crippen LogP contribution < -0.4 is 15.9 Å². The molecule has 0 aliphatic rings. The van der Waals surface area contributed by atoms with E-state index in [-0.39, 0.29) is 29.8 Å². The Labute approximate surface area is 164 Å². The van der Waals surface area contributed by atoms with Crippen LogP contribution in [0.25, 0.3) is 0 Å². The number of thioether (sulfide) groups is 1. The molecule has 142 valence electrons. The van der Waals surface area contributed by atoms with Gasteiger partial charge in [-0.15, -0.1) is 10.2 Å². The van der Waals surface area contributed by atoms with Gasteiger partial charge in [-0.2, -0.15) is 5.26 Å². The van der Waals surface area contributed by atoms with Gasteiger partial charge in [-0.05, 0) is 30.3 Å². The monoisotopic (exact) mass is 398 g/mol. The number of nitrogens with two attached hydrogens (primary N) is 1. The van der Waals surface area contributed by atoms with E-state index < -0.39 is 5.82 Å². The molecule has 0 radical (unpaired) electrons. The van der Waals surface area contributed by atoms with Crippen molar-refractivity contribution in [3.05, 3.63) is 65.7 Å². The predicted molar refractivity (Wildman–Crippen MR) is 101 cm³/mol. The number of nitrogens with zero attached hydrogens (tertiary/aromatic N) is 4. The van der Waals surface area contributed by atoms with Crippen LogP contribution in [0, 0.1) is 17.1 Å². The third-order valence-corrected chi connectivity index (χ3v) is 4.48. The highest BCUT2D eigenvalue weighted by Crippen LogP contribution is 2.19. The lowest BCUT2D eigenvalue weighted by Gasteiger charge is -2.07. The van der Waals surface area contributed by atoms with E-state index in [1.165, 1.54) is 16.8 Å². The summed E-state index contributed by atoms with van der Waals surface area (Å²) >= 11 is 1.09. The van der Waals surface area contributed by atoms with Crippen LogP contribution in [0.4, 0.5) is 10.1 Å². The van der Waals surface area contributed by atoms with E-state index >= 15 is 0 Å². The topological polar surface area (TPSA) is 119 Å². The maximum absolute atomic E-state index is 13.6. The van der Waals surface area contributed by atoms with Crippen LogP contribution >= 0.6 is 11.8 Å². The van der Waals surface area contributed by atoms with Gasteiger partial charge in [0, 0.05) is 5.69 Å². The van der Waals surface area contributed by atoms with Crippen molar-refractivity contribution in [3.8, 4) is 11.8 Å². The van der Waals surface area contributed by atoms with Crippen LogP contribution in [-0.4, -0.2) is 26.5 Å². The number of carbonyl (C=O) groups is 1. The molecule has 0 spiro atoms. The molecule has 10 heteroatoms. The van der Waals surface area contributed by atoms with Gasteiger partial charge in [0.1, 0.15) is 6.61 Å². The molecule has 1 amide bonds. The lowest BCUT2D eigenvalue weighted by atomic mass is 10.2. The Balaban J connectivity index is 1.54. The summed E-state index contributed by atoms with van der Waals surface area (Å²) in [5.41, 5.74) is 0.976. The maximum Gasteiger partial charge on any atom is 0.234 e. The molecule has 3 rings (SSSR count). The van der Waals surface area contributed by atoms with Gasteiger partial charge in [-0.1, -0.05) is 30.0 Å². The van der Waals surface area contributed by atoms with Crippen molar-refractivity contribution < 1.29 is 13.9 Å². The average Bonchev–Trinajstić information content (AvgIpc) is 3.05. The number of ether oxygens (including phenoxy) is 1. The number of halogens is 1. The number of amides is 1. The van der Waals surface area contributed by atoms with Gasteiger partial charge in [-0.25, -0.2) is 9.07 Å². The third kappa shape index (κ3) is 4.77. The molecule has 1 heterocycles. The molecule has 3 aromatic rings. The SMILES string of the molecule is N#Cc1cccc(NC(=O)CSc2nnc(COc3ccccc3F)n2N)c1. The van der Waals surface area contributed by atoms with Gasteiger partial charge in [0.25, 0.3) is 0 Å². The van der Waals surface area contributed by atoms with Crippen molar-refractivity contribution in [3.63, 3.8) is 0 Å². The highest BCUT2D eigenvalue weighted by atomic mass is 32.2. The minimum absolute atomic E-state index is 0.0419. The van der Waals surface area contributed by atoms with Crippen molar-refractivity contribution in [2.24, 2.45) is 0 Å². The summed E-state index contributed by atoms with van der Waals surface area (Å²) < 4.78 is 20.1. The van der Waals surface area contributed by atoms with E-state index in [9.17, 15) is 9.18 Å². The number of para-hydroxylation sites is 1. The predicted octanol–water partition coefficient (Wildman–Crippen LogP) is 2.31. The second-order valence-corrected chi connectivity index (χ2v) is 6.46. The van der Waals surface area contributed by atoms with Crippen molar-refractivity contribution in [1.29, 1.82) is 5.26 Å². The van der Waals surface area contributed by atoms with Gasteiger partial charge in [0.2, 0.25) is 11.1 Å². The van der Waals surface area contributed by atoms with Gasteiger partial charge < -0.3 is 15.9 Å². The van der Waals surface area contributed by atoms with E-state index in [0.29, 0.717) is 16.4 Å². The summed E-state index contributed by atoms with van der Waals surface area (Å²) in [6.45, 7) is -0.0713. The lowest BCUT2D eigenvalue weighted by molar-refractivity contribution is -0.113. The molecule has 0 aliphatic heterocycles. The Morgan fingerprint density at radius 3 is 2.89 bits per heavy atom. The van der Waals surface area contributed by atoms with Crippen molar-refractivity contribution in [1.82, 2.24) is 14.9 Å². The molecule has 0 saturated heterocycles. The fraction of sp³-hybridized carbons (Fsp3) is 0.111. The molecule has 0 atom stereocenters. The number of nitrogen functional groups attached to an aromatic ring is 1. The molecule has 0 unspecified atom stereocenters. The van der Waals surface area contributed by atoms with Gasteiger partial charge in [-0.3, -0.25) is 4.79 Å². The number of benzene rings is 2. The zero-order valence-corrected chi connectivity index (χ0v) is 15.3. The molecule has 0 fully saturated rings. The average molecular weight is 398 g/mol. The van der Waals surface area contributed by atoms with Crippen LogP contribution in [0.1, 0.15) is 11.4 Å². The summed E-state index contributed by atoms with van der Waals surface area (Å²) in [6, 6.07) is 14.6. The summed E-state index contributed by atoms with van der Waals surface area (Å²) in [5, 5.41) is 19.7. The number of nitrogens with one attached hydrogen (secondary N) is 1. The minimum atomic E-state index is -0.489. The van der Waals surface area contributed by atoms with Gasteiger partial charge in [0.15, 0.2) is 17.4 Å². The zero-order chi connectivity index (χ0) is 19.9. The standard InChI is InChI=1S/C18H15FN6O2S/c19-14-6-1-2-7-15(14)27-10-16-23-24-18(25(16)21)28-11-17(26)22-13-5-3-4-12(8-13)9-20/h1-8H,10-11,21H2,(H,22,26). The molecular formula is C18H15FN6O2S. The van der Waals surface area contributed by atoms with Crippen LogP contribution in [0.3, 0.4) is 0 Å². The Hall–Kier alpha value is -3.58. The van der Waals surface area contributed by atoms with E-state index in [1.807, 2.05) is 6.07 Å². The summed E-state index contributed by atoms with van der Waals surface area (Å²) in [4.78, 5) is 12.1. The number of rotatable bonds is 7. The fourth-order valence-corrected chi connectivity index (χ4v) is 2.88. The van der Waals surface area contributed by atoms with Crippen molar-refractivity contribution in [2.75, 3.05) is 16.9 Å². The second-order valence-electron chi connectivity index (χ2n) is 5.52. The van der Waals surface area contributed by atoms with E-state index in [4.69, 9.17) is 15.8 Å². The Morgan fingerprint density at radius 2 is 2.11 bits per heavy atom. The Kier molecular flexibility index (Phi) is 6.08. The van der Waals surface area contributed by atoms with E-state index in [0.717, 1.165) is 11.8 Å². The van der Waals surface area contributed by atoms with E-state index in [1.54, 1.807) is 36.4 Å². The molecule has 2 aromatic carbocycles. The normalized spacial score (nSPS) is 10.3. The number of nitriles is 1. The molecule has 0 bridgehead atoms. The first-order valence-electron chi connectivity index (χ1n) is 8.06. The smallest absolute Gasteiger partial charge is 0.234 e. The first kappa shape index (κ1) is 19.2. The lowest BCUT2D eigenvalue weighted by Crippen LogP contribution is -2.18. The van der Waals surface area contributed by atoms with E-state index in [2.05, 4.69) is 15.5 Å². The molecule has 3 N–H and O–H groups in total. The number of anilines is 1. The summed E-state index contributed by atoms with van der Waals surface area (Å²) in [5.74, 6) is 5.55. The Morgan fingerprint density at radius 1 is 1.29 bits per heavy atom. The van der Waals surface area contributed by atoms with Gasteiger partial charge >= 0.3 is 0 Å². The maximum atomic E-state index is 13.6. The summed E-state index contributed by atoms with van der Waals surface area (Å²) in [7, 11) is 0. The molecule has 28 heavy (non-hydrogen) atoms. The second kappa shape index (κ2) is 8.88. The number of aromatic nitrogens is 3. The minimum Gasteiger partial charge on any atom is -0.482 e. The van der Waals surface area contributed by atoms with Crippen molar-refractivity contribution in [2.45, 2.75) is 11.8 Å². The third-order valence-electron chi connectivity index (χ3n) is 3.54. The fourth-order valence-electron chi connectivity index (χ4n) is 2.20. The molecule has 1 aromatic heterocycles. The first-order chi connectivity index (χ1) is 13.6. The van der Waals surface area contributed by atoms with Crippen LogP contribution in [0.2, 0.25) is 0 Å². The highest BCUT2D eigenvalue weighted by molar-refractivity contribution is 7.99. The largest absolute Gasteiger partial charge is 0.482 e. The summed E-state index contributed by atoms with van der Waals surface area (Å²) in [6.07, 6.45) is 0. The van der Waals surface area contributed by atoms with Gasteiger partial charge in [0.05, 0.1) is 17.4 Å². The zero-order valence-electron chi connectivity index (χ0n) is 14.5. The molecular weight excluding hydrogens is 383 g/mol. The van der Waals surface area contributed by atoms with Crippen LogP contribution in [0.5, 0.6) is 5.75 Å². The molecule has 0 aliphatic carbocycles. The number of hydrogen-bond acceptors (Lipinski definition) is 7. The Bertz CT molecular complexity index is 1030. The first-order valence-corrected chi connectivity index (χ1v) is 9.05. The molecule has 0 saturated carbocycles. The highest BCUT2D eigenvalue weighted by Gasteiger charge is 2.14. The molecule has 8 nitrogen and oxygen atoms in total. The number of carbonyl (C=O) groups excluding carboxylic acids is 1. The van der Waals surface area contributed by atoms with Crippen molar-refractivity contribution >= 4 is 23.4 Å². The quantitative estimate of drug-likeness (QED) is 0.463. The number of hydrogen-bond donors (Lipinski definition) is 2. The van der Waals surface area contributed by atoms with Crippen LogP contribution in [0.15, 0.2) is 53.7 Å².